The van der Waals surface area contributed by atoms with Crippen LogP contribution in [0.25, 0.3) is 0 Å². The molecule has 3 nitrogen and oxygen atoms in total. The van der Waals surface area contributed by atoms with Gasteiger partial charge >= 0.3 is 0 Å². The van der Waals surface area contributed by atoms with Gasteiger partial charge in [-0.2, -0.15) is 0 Å². The van der Waals surface area contributed by atoms with Crippen LogP contribution in [0.2, 0.25) is 0 Å². The maximum Gasteiger partial charge on any atom is 0.118 e. The van der Waals surface area contributed by atoms with Crippen molar-refractivity contribution in [2.45, 2.75) is 12.6 Å². The van der Waals surface area contributed by atoms with Crippen molar-refractivity contribution >= 4 is 6.21 Å². The van der Waals surface area contributed by atoms with E-state index in [4.69, 9.17) is 14.5 Å². The summed E-state index contributed by atoms with van der Waals surface area (Å²) in [5.41, 5.74) is 3.35. The number of ether oxygens (including phenoxy) is 2. The lowest BCUT2D eigenvalue weighted by Gasteiger charge is -2.14. The molecule has 0 heterocycles. The van der Waals surface area contributed by atoms with Gasteiger partial charge in [0, 0.05) is 6.21 Å². The van der Waals surface area contributed by atoms with Gasteiger partial charge in [-0.05, 0) is 28.8 Å². The van der Waals surface area contributed by atoms with E-state index in [2.05, 4.69) is 12.1 Å². The number of nitrogens with zero attached hydrogens (tertiary/aromatic N) is 1. The van der Waals surface area contributed by atoms with Gasteiger partial charge in [-0.15, -0.1) is 0 Å². The maximum absolute atomic E-state index is 5.94. The number of rotatable bonds is 8. The third kappa shape index (κ3) is 5.30. The second-order valence-corrected chi connectivity index (χ2v) is 5.98. The van der Waals surface area contributed by atoms with E-state index < -0.39 is 0 Å². The van der Waals surface area contributed by atoms with Crippen LogP contribution < -0.4 is 4.74 Å². The lowest BCUT2D eigenvalue weighted by atomic mass is 10.1. The summed E-state index contributed by atoms with van der Waals surface area (Å²) in [7, 11) is 1.67. The number of methoxy groups -OCH3 is 1. The minimum absolute atomic E-state index is 0.0327. The molecule has 26 heavy (non-hydrogen) atoms. The Morgan fingerprint density at radius 1 is 0.846 bits per heavy atom. The standard InChI is InChI=1S/C23H23NO2/c1-25-22-14-12-20(13-15-22)17-26-18-23(21-10-6-3-7-11-21)24-16-19-8-4-2-5-9-19/h2-16,23H,17-18H2,1H3/t23-/m0/s1. The highest BCUT2D eigenvalue weighted by Gasteiger charge is 2.09. The highest BCUT2D eigenvalue weighted by Crippen LogP contribution is 2.19. The summed E-state index contributed by atoms with van der Waals surface area (Å²) in [6.45, 7) is 1.08. The lowest BCUT2D eigenvalue weighted by Crippen LogP contribution is -2.06. The number of benzene rings is 3. The molecule has 3 aromatic carbocycles. The smallest absolute Gasteiger partial charge is 0.118 e. The van der Waals surface area contributed by atoms with Gasteiger partial charge in [-0.25, -0.2) is 0 Å². The second-order valence-electron chi connectivity index (χ2n) is 5.98. The van der Waals surface area contributed by atoms with Crippen molar-refractivity contribution in [3.8, 4) is 5.75 Å². The average molecular weight is 345 g/mol. The predicted octanol–water partition coefficient (Wildman–Crippen LogP) is 5.07. The molecular weight excluding hydrogens is 322 g/mol. The van der Waals surface area contributed by atoms with Gasteiger partial charge in [0.25, 0.3) is 0 Å². The number of aliphatic imine (C=N–C) groups is 1. The van der Waals surface area contributed by atoms with Crippen molar-refractivity contribution < 1.29 is 9.47 Å². The zero-order chi connectivity index (χ0) is 18.0. The van der Waals surface area contributed by atoms with Crippen LogP contribution >= 0.6 is 0 Å². The quantitative estimate of drug-likeness (QED) is 0.534. The molecule has 0 aliphatic heterocycles. The van der Waals surface area contributed by atoms with E-state index in [1.54, 1.807) is 7.11 Å². The molecule has 0 N–H and O–H groups in total. The highest BCUT2D eigenvalue weighted by molar-refractivity contribution is 5.79. The van der Waals surface area contributed by atoms with Crippen LogP contribution in [0.5, 0.6) is 5.75 Å². The largest absolute Gasteiger partial charge is 0.497 e. The molecule has 132 valence electrons. The fraction of sp³-hybridized carbons (Fsp3) is 0.174. The normalized spacial score (nSPS) is 12.2. The zero-order valence-electron chi connectivity index (χ0n) is 14.9. The lowest BCUT2D eigenvalue weighted by molar-refractivity contribution is 0.108. The van der Waals surface area contributed by atoms with Crippen LogP contribution in [0.3, 0.4) is 0 Å². The maximum atomic E-state index is 5.94. The van der Waals surface area contributed by atoms with E-state index in [1.165, 1.54) is 0 Å². The van der Waals surface area contributed by atoms with E-state index in [-0.39, 0.29) is 6.04 Å². The topological polar surface area (TPSA) is 30.8 Å². The summed E-state index contributed by atoms with van der Waals surface area (Å²) < 4.78 is 11.1. The summed E-state index contributed by atoms with van der Waals surface area (Å²) in [4.78, 5) is 4.75. The van der Waals surface area contributed by atoms with Gasteiger partial charge in [0.05, 0.1) is 26.4 Å². The molecule has 0 aromatic heterocycles. The predicted molar refractivity (Wildman–Crippen MR) is 106 cm³/mol. The Morgan fingerprint density at radius 2 is 1.50 bits per heavy atom. The van der Waals surface area contributed by atoms with Crippen LogP contribution in [0.4, 0.5) is 0 Å². The molecule has 3 aromatic rings. The van der Waals surface area contributed by atoms with Crippen molar-refractivity contribution in [3.63, 3.8) is 0 Å². The van der Waals surface area contributed by atoms with E-state index in [0.29, 0.717) is 13.2 Å². The minimum Gasteiger partial charge on any atom is -0.497 e. The van der Waals surface area contributed by atoms with Crippen molar-refractivity contribution in [3.05, 3.63) is 102 Å². The molecule has 0 aliphatic rings. The molecule has 0 bridgehead atoms. The summed E-state index contributed by atoms with van der Waals surface area (Å²) in [5, 5.41) is 0. The van der Waals surface area contributed by atoms with Gasteiger partial charge in [-0.1, -0.05) is 72.8 Å². The molecule has 0 unspecified atom stereocenters. The fourth-order valence-electron chi connectivity index (χ4n) is 2.63. The van der Waals surface area contributed by atoms with Gasteiger partial charge in [0.15, 0.2) is 0 Å². The molecule has 3 heteroatoms. The van der Waals surface area contributed by atoms with Crippen LogP contribution in [0.15, 0.2) is 89.9 Å². The zero-order valence-corrected chi connectivity index (χ0v) is 14.9. The van der Waals surface area contributed by atoms with Crippen LogP contribution in [0.1, 0.15) is 22.7 Å². The highest BCUT2D eigenvalue weighted by atomic mass is 16.5. The molecule has 0 aliphatic carbocycles. The van der Waals surface area contributed by atoms with Gasteiger partial charge in [-0.3, -0.25) is 4.99 Å². The summed E-state index contributed by atoms with van der Waals surface area (Å²) in [5.74, 6) is 0.850. The number of hydrogen-bond acceptors (Lipinski definition) is 3. The first-order chi connectivity index (χ1) is 12.8. The van der Waals surface area contributed by atoms with Gasteiger partial charge in [0.1, 0.15) is 5.75 Å². The minimum atomic E-state index is -0.0327. The van der Waals surface area contributed by atoms with E-state index >= 15 is 0 Å². The third-order valence-electron chi connectivity index (χ3n) is 4.09. The SMILES string of the molecule is COc1ccc(COC[C@H](N=Cc2ccccc2)c2ccccc2)cc1. The Kier molecular flexibility index (Phi) is 6.57. The first kappa shape index (κ1) is 17.9. The molecule has 0 spiro atoms. The van der Waals surface area contributed by atoms with E-state index in [1.807, 2.05) is 79.0 Å². The van der Waals surface area contributed by atoms with Crippen molar-refractivity contribution in [1.29, 1.82) is 0 Å². The van der Waals surface area contributed by atoms with Gasteiger partial charge < -0.3 is 9.47 Å². The Labute approximate surface area is 154 Å². The van der Waals surface area contributed by atoms with Crippen LogP contribution in [0, 0.1) is 0 Å². The van der Waals surface area contributed by atoms with Crippen molar-refractivity contribution in [2.75, 3.05) is 13.7 Å². The Hall–Kier alpha value is -2.91. The van der Waals surface area contributed by atoms with Crippen LogP contribution in [-0.2, 0) is 11.3 Å². The fourth-order valence-corrected chi connectivity index (χ4v) is 2.63. The van der Waals surface area contributed by atoms with Crippen molar-refractivity contribution in [2.24, 2.45) is 4.99 Å². The van der Waals surface area contributed by atoms with E-state index in [9.17, 15) is 0 Å². The Bertz CT molecular complexity index is 799. The second kappa shape index (κ2) is 9.54. The van der Waals surface area contributed by atoms with Gasteiger partial charge in [0.2, 0.25) is 0 Å². The molecule has 0 saturated heterocycles. The molecular formula is C23H23NO2. The number of hydrogen-bond donors (Lipinski definition) is 0. The molecule has 3 rings (SSSR count). The first-order valence-corrected chi connectivity index (χ1v) is 8.69. The summed E-state index contributed by atoms with van der Waals surface area (Å²) >= 11 is 0. The molecule has 0 radical (unpaired) electrons. The molecule has 0 fully saturated rings. The Balaban J connectivity index is 1.64. The Morgan fingerprint density at radius 3 is 2.15 bits per heavy atom. The van der Waals surface area contributed by atoms with Crippen molar-refractivity contribution in [1.82, 2.24) is 0 Å². The molecule has 0 amide bonds. The monoisotopic (exact) mass is 345 g/mol. The molecule has 0 saturated carbocycles. The molecule has 1 atom stereocenters. The average Bonchev–Trinajstić information content (AvgIpc) is 2.72. The summed E-state index contributed by atoms with van der Waals surface area (Å²) in [6.07, 6.45) is 1.91. The first-order valence-electron chi connectivity index (χ1n) is 8.69. The third-order valence-corrected chi connectivity index (χ3v) is 4.09. The van der Waals surface area contributed by atoms with E-state index in [0.717, 1.165) is 22.4 Å². The van der Waals surface area contributed by atoms with Crippen LogP contribution in [-0.4, -0.2) is 19.9 Å². The summed E-state index contributed by atoms with van der Waals surface area (Å²) in [6, 6.07) is 28.3.